The molecule has 0 aromatic rings. The lowest BCUT2D eigenvalue weighted by atomic mass is 9.59. The van der Waals surface area contributed by atoms with E-state index >= 15 is 0 Å². The fraction of sp³-hybridized carbons (Fsp3) is 1.00. The average molecular weight is 404 g/mol. The Morgan fingerprint density at radius 3 is 1.45 bits per heavy atom. The van der Waals surface area contributed by atoms with E-state index in [9.17, 15) is 0 Å². The second kappa shape index (κ2) is 8.10. The van der Waals surface area contributed by atoms with Gasteiger partial charge in [-0.3, -0.25) is 9.80 Å². The van der Waals surface area contributed by atoms with E-state index in [-0.39, 0.29) is 0 Å². The fourth-order valence-electron chi connectivity index (χ4n) is 7.06. The van der Waals surface area contributed by atoms with E-state index in [0.717, 1.165) is 17.9 Å². The molecule has 0 aromatic carbocycles. The molecule has 0 amide bonds. The summed E-state index contributed by atoms with van der Waals surface area (Å²) in [6.45, 7) is 22.4. The summed E-state index contributed by atoms with van der Waals surface area (Å²) in [5.41, 5.74) is 1.43. The lowest BCUT2D eigenvalue weighted by Crippen LogP contribution is -2.58. The van der Waals surface area contributed by atoms with Crippen LogP contribution in [-0.2, 0) is 0 Å². The van der Waals surface area contributed by atoms with Crippen molar-refractivity contribution in [2.45, 2.75) is 110 Å². The van der Waals surface area contributed by atoms with Gasteiger partial charge in [0.15, 0.2) is 0 Å². The van der Waals surface area contributed by atoms with Gasteiger partial charge in [-0.2, -0.15) is 0 Å². The van der Waals surface area contributed by atoms with Crippen LogP contribution >= 0.6 is 0 Å². The predicted molar refractivity (Wildman–Crippen MR) is 124 cm³/mol. The summed E-state index contributed by atoms with van der Waals surface area (Å²) in [5, 5.41) is 0. The smallest absolute Gasteiger partial charge is 0.0125 e. The van der Waals surface area contributed by atoms with Gasteiger partial charge in [0.1, 0.15) is 0 Å². The summed E-state index contributed by atoms with van der Waals surface area (Å²) in [4.78, 5) is 8.31. The van der Waals surface area contributed by atoms with E-state index in [0.29, 0.717) is 16.5 Å². The van der Waals surface area contributed by atoms with Gasteiger partial charge in [-0.1, -0.05) is 0 Å². The minimum Gasteiger partial charge on any atom is -0.300 e. The highest BCUT2D eigenvalue weighted by Crippen LogP contribution is 2.52. The molecule has 4 aliphatic rings. The minimum absolute atomic E-state index is 0.357. The Morgan fingerprint density at radius 1 is 0.586 bits per heavy atom. The molecule has 3 saturated heterocycles. The molecule has 0 atom stereocenters. The van der Waals surface area contributed by atoms with Crippen molar-refractivity contribution in [3.05, 3.63) is 0 Å². The quantitative estimate of drug-likeness (QED) is 0.623. The van der Waals surface area contributed by atoms with Crippen LogP contribution < -0.4 is 0 Å². The van der Waals surface area contributed by atoms with Crippen molar-refractivity contribution in [2.75, 3.05) is 39.3 Å². The van der Waals surface area contributed by atoms with Gasteiger partial charge in [-0.15, -0.1) is 0 Å². The van der Waals surface area contributed by atoms with Crippen molar-refractivity contribution in [3.8, 4) is 0 Å². The molecule has 0 N–H and O–H groups in total. The summed E-state index contributed by atoms with van der Waals surface area (Å²) < 4.78 is 0. The summed E-state index contributed by atoms with van der Waals surface area (Å²) in [7, 11) is 0. The second-order valence-electron chi connectivity index (χ2n) is 13.1. The van der Waals surface area contributed by atoms with Gasteiger partial charge in [-0.25, -0.2) is 0 Å². The summed E-state index contributed by atoms with van der Waals surface area (Å²) >= 11 is 0. The van der Waals surface area contributed by atoms with Crippen LogP contribution in [0.5, 0.6) is 0 Å². The molecule has 0 radical (unpaired) electrons. The van der Waals surface area contributed by atoms with Crippen LogP contribution in [0.15, 0.2) is 0 Å². The molecule has 3 aliphatic heterocycles. The van der Waals surface area contributed by atoms with Gasteiger partial charge in [0.05, 0.1) is 0 Å². The first-order chi connectivity index (χ1) is 13.6. The second-order valence-corrected chi connectivity index (χ2v) is 13.1. The first-order valence-corrected chi connectivity index (χ1v) is 12.8. The number of rotatable bonds is 2. The number of hydrogen-bond acceptors (Lipinski definition) is 3. The molecule has 3 nitrogen and oxygen atoms in total. The predicted octanol–water partition coefficient (Wildman–Crippen LogP) is 5.25. The zero-order valence-corrected chi connectivity index (χ0v) is 20.5. The number of hydrogen-bond donors (Lipinski definition) is 0. The Hall–Kier alpha value is -0.120. The van der Waals surface area contributed by atoms with Crippen molar-refractivity contribution in [3.63, 3.8) is 0 Å². The average Bonchev–Trinajstić information content (AvgIpc) is 2.65. The van der Waals surface area contributed by atoms with Crippen molar-refractivity contribution in [2.24, 2.45) is 17.3 Å². The molecule has 0 unspecified atom stereocenters. The van der Waals surface area contributed by atoms with Crippen LogP contribution in [0.3, 0.4) is 0 Å². The summed E-state index contributed by atoms with van der Waals surface area (Å²) in [6.07, 6.45) is 11.7. The van der Waals surface area contributed by atoms with Crippen LogP contribution in [0.1, 0.15) is 92.9 Å². The maximum Gasteiger partial charge on any atom is 0.0125 e. The minimum atomic E-state index is 0.357. The first-order valence-electron chi connectivity index (χ1n) is 12.8. The molecule has 0 aromatic heterocycles. The van der Waals surface area contributed by atoms with E-state index in [1.54, 1.807) is 0 Å². The molecule has 1 saturated carbocycles. The van der Waals surface area contributed by atoms with Gasteiger partial charge in [-0.05, 0) is 149 Å². The highest BCUT2D eigenvalue weighted by atomic mass is 15.2. The number of likely N-dealkylation sites (tertiary alicyclic amines) is 3. The zero-order valence-electron chi connectivity index (χ0n) is 20.5. The Labute approximate surface area is 181 Å². The molecule has 1 aliphatic carbocycles. The van der Waals surface area contributed by atoms with Crippen LogP contribution in [0, 0.1) is 17.3 Å². The Kier molecular flexibility index (Phi) is 6.17. The van der Waals surface area contributed by atoms with Crippen molar-refractivity contribution < 1.29 is 0 Å². The highest BCUT2D eigenvalue weighted by Gasteiger charge is 2.49. The molecule has 168 valence electrons. The Morgan fingerprint density at radius 2 is 1.00 bits per heavy atom. The van der Waals surface area contributed by atoms with Gasteiger partial charge < -0.3 is 4.90 Å². The molecule has 4 rings (SSSR count). The molecule has 3 heteroatoms. The maximum absolute atomic E-state index is 2.89. The SMILES string of the molecule is CC(C)(C)N1CCC(C2CCN(C3CC4(CCN(C(C)(C)C)CC4)C3)CC2)CC1. The first kappa shape index (κ1) is 22.1. The molecular weight excluding hydrogens is 354 g/mol. The van der Waals surface area contributed by atoms with Gasteiger partial charge in [0.25, 0.3) is 0 Å². The number of piperidine rings is 3. The van der Waals surface area contributed by atoms with Crippen molar-refractivity contribution >= 4 is 0 Å². The van der Waals surface area contributed by atoms with Crippen molar-refractivity contribution in [1.82, 2.24) is 14.7 Å². The molecule has 3 heterocycles. The van der Waals surface area contributed by atoms with E-state index in [2.05, 4.69) is 56.2 Å². The Bertz CT molecular complexity index is 525. The van der Waals surface area contributed by atoms with E-state index < -0.39 is 0 Å². The normalized spacial score (nSPS) is 30.0. The summed E-state index contributed by atoms with van der Waals surface area (Å²) in [6, 6.07) is 0.917. The zero-order chi connectivity index (χ0) is 20.9. The standard InChI is InChI=1S/C26H49N3/c1-24(2,3)28-15-9-22(10-16-28)21-7-13-27(14-8-21)23-19-26(20-23)11-17-29(18-12-26)25(4,5)6/h21-23H,7-20H2,1-6H3. The largest absolute Gasteiger partial charge is 0.300 e. The Balaban J connectivity index is 1.18. The van der Waals surface area contributed by atoms with E-state index in [4.69, 9.17) is 0 Å². The molecular formula is C26H49N3. The van der Waals surface area contributed by atoms with Gasteiger partial charge in [0.2, 0.25) is 0 Å². The van der Waals surface area contributed by atoms with E-state index in [1.165, 1.54) is 90.6 Å². The molecule has 0 bridgehead atoms. The topological polar surface area (TPSA) is 9.72 Å². The van der Waals surface area contributed by atoms with Crippen LogP contribution in [0.25, 0.3) is 0 Å². The van der Waals surface area contributed by atoms with Gasteiger partial charge >= 0.3 is 0 Å². The van der Waals surface area contributed by atoms with Crippen molar-refractivity contribution in [1.29, 1.82) is 0 Å². The van der Waals surface area contributed by atoms with E-state index in [1.807, 2.05) is 0 Å². The summed E-state index contributed by atoms with van der Waals surface area (Å²) in [5.74, 6) is 2.02. The van der Waals surface area contributed by atoms with Crippen LogP contribution in [0.4, 0.5) is 0 Å². The molecule has 29 heavy (non-hydrogen) atoms. The third-order valence-electron chi connectivity index (χ3n) is 9.36. The third-order valence-corrected chi connectivity index (χ3v) is 9.36. The third kappa shape index (κ3) is 4.88. The monoisotopic (exact) mass is 403 g/mol. The lowest BCUT2D eigenvalue weighted by Gasteiger charge is -2.57. The van der Waals surface area contributed by atoms with Gasteiger partial charge in [0, 0.05) is 17.1 Å². The molecule has 4 fully saturated rings. The lowest BCUT2D eigenvalue weighted by molar-refractivity contribution is -0.0679. The number of nitrogens with zero attached hydrogens (tertiary/aromatic N) is 3. The van der Waals surface area contributed by atoms with Crippen LogP contribution in [0.2, 0.25) is 0 Å². The maximum atomic E-state index is 2.89. The fourth-order valence-corrected chi connectivity index (χ4v) is 7.06. The highest BCUT2D eigenvalue weighted by molar-refractivity contribution is 5.03. The molecule has 1 spiro atoms. The van der Waals surface area contributed by atoms with Crippen LogP contribution in [-0.4, -0.2) is 71.1 Å².